The minimum absolute atomic E-state index is 0.273. The van der Waals surface area contributed by atoms with Gasteiger partial charge in [0.1, 0.15) is 11.5 Å². The van der Waals surface area contributed by atoms with Crippen molar-refractivity contribution in [3.8, 4) is 0 Å². The lowest BCUT2D eigenvalue weighted by Gasteiger charge is -2.12. The maximum Gasteiger partial charge on any atom is 0.275 e. The largest absolute Gasteiger partial charge is 0.339 e. The van der Waals surface area contributed by atoms with Gasteiger partial charge in [-0.2, -0.15) is 0 Å². The number of rotatable bonds is 4. The summed E-state index contributed by atoms with van der Waals surface area (Å²) in [4.78, 5) is 20.8. The Morgan fingerprint density at radius 2 is 1.52 bits per heavy atom. The molecule has 0 bridgehead atoms. The van der Waals surface area contributed by atoms with Gasteiger partial charge in [-0.15, -0.1) is 0 Å². The molecule has 25 heavy (non-hydrogen) atoms. The predicted octanol–water partition coefficient (Wildman–Crippen LogP) is 4.40. The summed E-state index contributed by atoms with van der Waals surface area (Å²) in [5.74, 6) is 0.324. The molecule has 1 aromatic heterocycles. The third-order valence-corrected chi connectivity index (χ3v) is 4.01. The van der Waals surface area contributed by atoms with E-state index in [9.17, 15) is 4.79 Å². The molecule has 5 nitrogen and oxygen atoms in total. The van der Waals surface area contributed by atoms with E-state index in [4.69, 9.17) is 0 Å². The Morgan fingerprint density at radius 3 is 2.16 bits per heavy atom. The number of aryl methyl sites for hydroxylation is 3. The van der Waals surface area contributed by atoms with Crippen LogP contribution in [-0.4, -0.2) is 15.9 Å². The van der Waals surface area contributed by atoms with Gasteiger partial charge in [-0.3, -0.25) is 4.79 Å². The summed E-state index contributed by atoms with van der Waals surface area (Å²) in [6.45, 7) is 6.01. The molecule has 0 atom stereocenters. The van der Waals surface area contributed by atoms with Crippen LogP contribution in [0.4, 0.5) is 17.2 Å². The Balaban J connectivity index is 1.74. The molecule has 0 saturated carbocycles. The van der Waals surface area contributed by atoms with E-state index in [1.165, 1.54) is 6.20 Å². The molecule has 0 aliphatic rings. The molecule has 0 aliphatic heterocycles. The number of para-hydroxylation sites is 2. The lowest BCUT2D eigenvalue weighted by Crippen LogP contribution is -2.15. The van der Waals surface area contributed by atoms with E-state index in [1.807, 2.05) is 63.2 Å². The molecule has 0 unspecified atom stereocenters. The molecule has 5 heteroatoms. The van der Waals surface area contributed by atoms with E-state index in [1.54, 1.807) is 6.20 Å². The van der Waals surface area contributed by atoms with Gasteiger partial charge in [0.15, 0.2) is 0 Å². The van der Waals surface area contributed by atoms with Crippen LogP contribution in [0.25, 0.3) is 0 Å². The van der Waals surface area contributed by atoms with Crippen LogP contribution in [0, 0.1) is 20.8 Å². The number of nitrogens with zero attached hydrogens (tertiary/aromatic N) is 2. The minimum Gasteiger partial charge on any atom is -0.339 e. The molecule has 1 amide bonds. The van der Waals surface area contributed by atoms with E-state index < -0.39 is 0 Å². The van der Waals surface area contributed by atoms with Crippen molar-refractivity contribution < 1.29 is 4.79 Å². The predicted molar refractivity (Wildman–Crippen MR) is 100 cm³/mol. The van der Waals surface area contributed by atoms with E-state index in [-0.39, 0.29) is 11.6 Å². The SMILES string of the molecule is Cc1ccccc1NC(=O)c1cnc(Nc2c(C)cccc2C)cn1. The normalized spacial score (nSPS) is 10.4. The van der Waals surface area contributed by atoms with Crippen molar-refractivity contribution in [1.82, 2.24) is 9.97 Å². The molecule has 0 fully saturated rings. The Kier molecular flexibility index (Phi) is 4.75. The van der Waals surface area contributed by atoms with Crippen molar-refractivity contribution in [2.75, 3.05) is 10.6 Å². The summed E-state index contributed by atoms with van der Waals surface area (Å²) in [7, 11) is 0. The number of carbonyl (C=O) groups is 1. The minimum atomic E-state index is -0.277. The standard InChI is InChI=1S/C20H20N4O/c1-13-7-4-5-10-16(13)23-20(25)17-11-22-18(12-21-17)24-19-14(2)8-6-9-15(19)3/h4-12H,1-3H3,(H,22,24)(H,23,25). The van der Waals surface area contributed by atoms with Crippen LogP contribution in [-0.2, 0) is 0 Å². The van der Waals surface area contributed by atoms with Gasteiger partial charge in [0.2, 0.25) is 0 Å². The maximum atomic E-state index is 12.3. The second kappa shape index (κ2) is 7.13. The Morgan fingerprint density at radius 1 is 0.840 bits per heavy atom. The number of aromatic nitrogens is 2. The molecule has 1 heterocycles. The molecule has 2 aromatic carbocycles. The maximum absolute atomic E-state index is 12.3. The smallest absolute Gasteiger partial charge is 0.275 e. The molecular weight excluding hydrogens is 312 g/mol. The van der Waals surface area contributed by atoms with Gasteiger partial charge in [-0.25, -0.2) is 9.97 Å². The Hall–Kier alpha value is -3.21. The average Bonchev–Trinajstić information content (AvgIpc) is 2.61. The number of nitrogens with one attached hydrogen (secondary N) is 2. The molecule has 0 aliphatic carbocycles. The lowest BCUT2D eigenvalue weighted by atomic mass is 10.1. The number of carbonyl (C=O) groups excluding carboxylic acids is 1. The van der Waals surface area contributed by atoms with Crippen LogP contribution < -0.4 is 10.6 Å². The van der Waals surface area contributed by atoms with E-state index >= 15 is 0 Å². The second-order valence-electron chi connectivity index (χ2n) is 5.95. The molecule has 0 spiro atoms. The average molecular weight is 332 g/mol. The summed E-state index contributed by atoms with van der Waals surface area (Å²) >= 11 is 0. The molecule has 0 radical (unpaired) electrons. The highest BCUT2D eigenvalue weighted by atomic mass is 16.1. The fourth-order valence-electron chi connectivity index (χ4n) is 2.55. The van der Waals surface area contributed by atoms with Crippen LogP contribution in [0.3, 0.4) is 0 Å². The van der Waals surface area contributed by atoms with E-state index in [2.05, 4.69) is 20.6 Å². The molecule has 3 rings (SSSR count). The topological polar surface area (TPSA) is 66.9 Å². The van der Waals surface area contributed by atoms with Crippen LogP contribution in [0.1, 0.15) is 27.2 Å². The highest BCUT2D eigenvalue weighted by Gasteiger charge is 2.10. The fourth-order valence-corrected chi connectivity index (χ4v) is 2.55. The summed E-state index contributed by atoms with van der Waals surface area (Å²) in [6, 6.07) is 13.7. The summed E-state index contributed by atoms with van der Waals surface area (Å²) in [5, 5.41) is 6.11. The first-order valence-corrected chi connectivity index (χ1v) is 8.07. The monoisotopic (exact) mass is 332 g/mol. The van der Waals surface area contributed by atoms with Crippen molar-refractivity contribution in [3.05, 3.63) is 77.2 Å². The number of hydrogen-bond donors (Lipinski definition) is 2. The fraction of sp³-hybridized carbons (Fsp3) is 0.150. The van der Waals surface area contributed by atoms with Crippen molar-refractivity contribution in [2.24, 2.45) is 0 Å². The molecule has 3 aromatic rings. The Labute approximate surface area is 147 Å². The lowest BCUT2D eigenvalue weighted by molar-refractivity contribution is 0.102. The summed E-state index contributed by atoms with van der Waals surface area (Å²) in [6.07, 6.45) is 3.04. The van der Waals surface area contributed by atoms with Crippen LogP contribution in [0.5, 0.6) is 0 Å². The molecule has 0 saturated heterocycles. The summed E-state index contributed by atoms with van der Waals surface area (Å²) in [5.41, 5.74) is 5.31. The number of amides is 1. The first-order chi connectivity index (χ1) is 12.0. The van der Waals surface area contributed by atoms with Gasteiger partial charge >= 0.3 is 0 Å². The van der Waals surface area contributed by atoms with E-state index in [0.29, 0.717) is 5.82 Å². The second-order valence-corrected chi connectivity index (χ2v) is 5.95. The highest BCUT2D eigenvalue weighted by molar-refractivity contribution is 6.03. The van der Waals surface area contributed by atoms with Crippen molar-refractivity contribution in [2.45, 2.75) is 20.8 Å². The number of hydrogen-bond acceptors (Lipinski definition) is 4. The van der Waals surface area contributed by atoms with Gasteiger partial charge in [0.25, 0.3) is 5.91 Å². The van der Waals surface area contributed by atoms with Gasteiger partial charge in [0.05, 0.1) is 12.4 Å². The molecule has 126 valence electrons. The number of anilines is 3. The third-order valence-electron chi connectivity index (χ3n) is 4.01. The van der Waals surface area contributed by atoms with Gasteiger partial charge < -0.3 is 10.6 Å². The quantitative estimate of drug-likeness (QED) is 0.743. The van der Waals surface area contributed by atoms with Crippen molar-refractivity contribution >= 4 is 23.1 Å². The van der Waals surface area contributed by atoms with Gasteiger partial charge in [0, 0.05) is 11.4 Å². The number of benzene rings is 2. The summed E-state index contributed by atoms with van der Waals surface area (Å²) < 4.78 is 0. The van der Waals surface area contributed by atoms with Crippen LogP contribution in [0.15, 0.2) is 54.9 Å². The van der Waals surface area contributed by atoms with Gasteiger partial charge in [-0.05, 0) is 43.5 Å². The van der Waals surface area contributed by atoms with Crippen LogP contribution in [0.2, 0.25) is 0 Å². The van der Waals surface area contributed by atoms with Crippen molar-refractivity contribution in [1.29, 1.82) is 0 Å². The van der Waals surface area contributed by atoms with Gasteiger partial charge in [-0.1, -0.05) is 36.4 Å². The molecular formula is C20H20N4O. The first-order valence-electron chi connectivity index (χ1n) is 8.07. The zero-order valence-corrected chi connectivity index (χ0v) is 14.5. The van der Waals surface area contributed by atoms with E-state index in [0.717, 1.165) is 28.1 Å². The highest BCUT2D eigenvalue weighted by Crippen LogP contribution is 2.23. The van der Waals surface area contributed by atoms with Crippen molar-refractivity contribution in [3.63, 3.8) is 0 Å². The molecule has 2 N–H and O–H groups in total. The first kappa shape index (κ1) is 16.6. The van der Waals surface area contributed by atoms with Crippen LogP contribution >= 0.6 is 0 Å². The Bertz CT molecular complexity index is 884. The zero-order valence-electron chi connectivity index (χ0n) is 14.5. The third kappa shape index (κ3) is 3.83. The zero-order chi connectivity index (χ0) is 17.8.